The zero-order chi connectivity index (χ0) is 14.0. The lowest BCUT2D eigenvalue weighted by molar-refractivity contribution is 0.281. The van der Waals surface area contributed by atoms with Crippen LogP contribution < -0.4 is 5.32 Å². The topological polar surface area (TPSA) is 52.7 Å². The summed E-state index contributed by atoms with van der Waals surface area (Å²) in [6, 6.07) is 0.560. The predicted molar refractivity (Wildman–Crippen MR) is 77.2 cm³/mol. The Bertz CT molecular complexity index is 387. The molecule has 1 saturated heterocycles. The van der Waals surface area contributed by atoms with Crippen molar-refractivity contribution in [3.63, 3.8) is 0 Å². The van der Waals surface area contributed by atoms with E-state index in [1.54, 1.807) is 11.4 Å². The van der Waals surface area contributed by atoms with Gasteiger partial charge in [0.1, 0.15) is 0 Å². The zero-order valence-electron chi connectivity index (χ0n) is 12.3. The molecule has 1 heterocycles. The molecule has 1 unspecified atom stereocenters. The fourth-order valence-electron chi connectivity index (χ4n) is 2.52. The van der Waals surface area contributed by atoms with E-state index < -0.39 is 10.2 Å². The number of hydrogen-bond donors (Lipinski definition) is 1. The van der Waals surface area contributed by atoms with Gasteiger partial charge in [0, 0.05) is 31.7 Å². The van der Waals surface area contributed by atoms with Crippen molar-refractivity contribution >= 4 is 10.2 Å². The normalized spacial score (nSPS) is 25.5. The third-order valence-corrected chi connectivity index (χ3v) is 6.34. The third kappa shape index (κ3) is 3.68. The van der Waals surface area contributed by atoms with Crippen LogP contribution in [-0.4, -0.2) is 55.3 Å². The summed E-state index contributed by atoms with van der Waals surface area (Å²) >= 11 is 0. The molecule has 1 aliphatic carbocycles. The van der Waals surface area contributed by atoms with Gasteiger partial charge in [-0.3, -0.25) is 0 Å². The van der Waals surface area contributed by atoms with Crippen molar-refractivity contribution in [1.82, 2.24) is 13.9 Å². The first-order chi connectivity index (χ1) is 8.93. The van der Waals surface area contributed by atoms with Gasteiger partial charge in [-0.1, -0.05) is 6.42 Å². The Hall–Kier alpha value is -0.170. The highest BCUT2D eigenvalue weighted by atomic mass is 32.2. The van der Waals surface area contributed by atoms with Gasteiger partial charge in [0.2, 0.25) is 0 Å². The molecule has 112 valence electrons. The van der Waals surface area contributed by atoms with Gasteiger partial charge in [0.25, 0.3) is 10.2 Å². The van der Waals surface area contributed by atoms with Crippen LogP contribution in [0.15, 0.2) is 0 Å². The molecule has 0 aromatic heterocycles. The highest BCUT2D eigenvalue weighted by Gasteiger charge is 2.41. The van der Waals surface area contributed by atoms with E-state index in [0.717, 1.165) is 25.8 Å². The molecule has 0 bridgehead atoms. The summed E-state index contributed by atoms with van der Waals surface area (Å²) < 4.78 is 28.5. The lowest BCUT2D eigenvalue weighted by Gasteiger charge is -2.33. The van der Waals surface area contributed by atoms with Crippen molar-refractivity contribution in [2.45, 2.75) is 64.1 Å². The second kappa shape index (κ2) is 6.08. The van der Waals surface area contributed by atoms with Gasteiger partial charge in [0.05, 0.1) is 0 Å². The quantitative estimate of drug-likeness (QED) is 0.799. The molecule has 6 heteroatoms. The van der Waals surface area contributed by atoms with Crippen molar-refractivity contribution in [1.29, 1.82) is 0 Å². The fraction of sp³-hybridized carbons (Fsp3) is 1.00. The first-order valence-corrected chi connectivity index (χ1v) is 8.81. The number of rotatable bonds is 6. The molecule has 0 radical (unpaired) electrons. The van der Waals surface area contributed by atoms with Gasteiger partial charge in [-0.05, 0) is 46.1 Å². The van der Waals surface area contributed by atoms with Crippen LogP contribution in [0.4, 0.5) is 0 Å². The van der Waals surface area contributed by atoms with Crippen molar-refractivity contribution in [3.8, 4) is 0 Å². The van der Waals surface area contributed by atoms with E-state index in [1.807, 2.05) is 13.8 Å². The highest BCUT2D eigenvalue weighted by molar-refractivity contribution is 7.86. The molecule has 1 aliphatic heterocycles. The average Bonchev–Trinajstić information content (AvgIpc) is 3.20. The predicted octanol–water partition coefficient (Wildman–Crippen LogP) is 1.18. The molecule has 1 atom stereocenters. The summed E-state index contributed by atoms with van der Waals surface area (Å²) in [5.41, 5.74) is 0. The van der Waals surface area contributed by atoms with Crippen molar-refractivity contribution in [3.05, 3.63) is 0 Å². The van der Waals surface area contributed by atoms with Crippen LogP contribution in [0.25, 0.3) is 0 Å². The second-order valence-corrected chi connectivity index (χ2v) is 8.01. The van der Waals surface area contributed by atoms with Gasteiger partial charge in [-0.15, -0.1) is 0 Å². The zero-order valence-corrected chi connectivity index (χ0v) is 13.1. The molecule has 0 spiro atoms. The highest BCUT2D eigenvalue weighted by Crippen LogP contribution is 2.31. The Balaban J connectivity index is 2.06. The summed E-state index contributed by atoms with van der Waals surface area (Å²) in [4.78, 5) is 0. The summed E-state index contributed by atoms with van der Waals surface area (Å²) in [6.07, 6.45) is 5.52. The van der Waals surface area contributed by atoms with Crippen LogP contribution in [0, 0.1) is 0 Å². The largest absolute Gasteiger partial charge is 0.313 e. The SMILES string of the molecule is CC(C)N(C)S(=O)(=O)N(CC1CCCCN1)C1CC1. The van der Waals surface area contributed by atoms with E-state index in [-0.39, 0.29) is 12.1 Å². The van der Waals surface area contributed by atoms with Crippen molar-refractivity contribution in [2.75, 3.05) is 20.1 Å². The smallest absolute Gasteiger partial charge is 0.282 e. The van der Waals surface area contributed by atoms with Crippen molar-refractivity contribution in [2.24, 2.45) is 0 Å². The lowest BCUT2D eigenvalue weighted by atomic mass is 10.1. The summed E-state index contributed by atoms with van der Waals surface area (Å²) in [7, 11) is -1.63. The molecule has 0 aromatic carbocycles. The molecule has 0 aromatic rings. The Morgan fingerprint density at radius 3 is 2.37 bits per heavy atom. The van der Waals surface area contributed by atoms with E-state index in [0.29, 0.717) is 12.6 Å². The molecule has 2 fully saturated rings. The Morgan fingerprint density at radius 2 is 1.89 bits per heavy atom. The number of nitrogens with one attached hydrogen (secondary N) is 1. The standard InChI is InChI=1S/C13H27N3O2S/c1-11(2)15(3)19(17,18)16(13-7-8-13)10-12-6-4-5-9-14-12/h11-14H,4-10H2,1-3H3. The first-order valence-electron chi connectivity index (χ1n) is 7.41. The van der Waals surface area contributed by atoms with E-state index in [2.05, 4.69) is 5.32 Å². The monoisotopic (exact) mass is 289 g/mol. The third-order valence-electron chi connectivity index (χ3n) is 4.15. The molecule has 2 aliphatic rings. The summed E-state index contributed by atoms with van der Waals surface area (Å²) in [5.74, 6) is 0. The Labute approximate surface area is 117 Å². The van der Waals surface area contributed by atoms with E-state index >= 15 is 0 Å². The summed E-state index contributed by atoms with van der Waals surface area (Å²) in [6.45, 7) is 5.48. The maximum Gasteiger partial charge on any atom is 0.282 e. The van der Waals surface area contributed by atoms with Gasteiger partial charge >= 0.3 is 0 Å². The van der Waals surface area contributed by atoms with Gasteiger partial charge in [-0.2, -0.15) is 17.0 Å². The Kier molecular flexibility index (Phi) is 4.87. The maximum atomic E-state index is 12.7. The first kappa shape index (κ1) is 15.2. The van der Waals surface area contributed by atoms with Crippen molar-refractivity contribution < 1.29 is 8.42 Å². The second-order valence-electron chi connectivity index (χ2n) is 6.07. The number of piperidine rings is 1. The minimum Gasteiger partial charge on any atom is -0.313 e. The molecule has 0 amide bonds. The molecule has 2 rings (SSSR count). The maximum absolute atomic E-state index is 12.7. The van der Waals surface area contributed by atoms with E-state index in [1.165, 1.54) is 17.1 Å². The van der Waals surface area contributed by atoms with Crippen LogP contribution in [0.3, 0.4) is 0 Å². The van der Waals surface area contributed by atoms with Gasteiger partial charge < -0.3 is 5.32 Å². The summed E-state index contributed by atoms with van der Waals surface area (Å²) in [5, 5.41) is 3.45. The number of hydrogen-bond acceptors (Lipinski definition) is 3. The minimum absolute atomic E-state index is 0.00515. The van der Waals surface area contributed by atoms with Gasteiger partial charge in [0.15, 0.2) is 0 Å². The van der Waals surface area contributed by atoms with Crippen LogP contribution in [-0.2, 0) is 10.2 Å². The molecular formula is C13H27N3O2S. The van der Waals surface area contributed by atoms with Crippen LogP contribution in [0.2, 0.25) is 0 Å². The Morgan fingerprint density at radius 1 is 1.21 bits per heavy atom. The van der Waals surface area contributed by atoms with Crippen LogP contribution in [0.5, 0.6) is 0 Å². The molecular weight excluding hydrogens is 262 g/mol. The molecule has 1 saturated carbocycles. The van der Waals surface area contributed by atoms with Crippen LogP contribution >= 0.6 is 0 Å². The molecule has 1 N–H and O–H groups in total. The van der Waals surface area contributed by atoms with Crippen LogP contribution in [0.1, 0.15) is 46.0 Å². The molecule has 5 nitrogen and oxygen atoms in total. The molecule has 19 heavy (non-hydrogen) atoms. The average molecular weight is 289 g/mol. The lowest BCUT2D eigenvalue weighted by Crippen LogP contribution is -2.51. The fourth-order valence-corrected chi connectivity index (χ4v) is 4.34. The van der Waals surface area contributed by atoms with E-state index in [4.69, 9.17) is 0 Å². The minimum atomic E-state index is -3.31. The van der Waals surface area contributed by atoms with E-state index in [9.17, 15) is 8.42 Å². The number of nitrogens with zero attached hydrogens (tertiary/aromatic N) is 2. The van der Waals surface area contributed by atoms with Gasteiger partial charge in [-0.25, -0.2) is 0 Å².